The van der Waals surface area contributed by atoms with Crippen LogP contribution in [0.15, 0.2) is 170 Å². The zero-order chi connectivity index (χ0) is 43.3. The molecule has 0 aliphatic rings. The highest BCUT2D eigenvalue weighted by atomic mass is 14.9. The van der Waals surface area contributed by atoms with Crippen molar-refractivity contribution >= 4 is 0 Å². The first-order chi connectivity index (χ1) is 28.8. The SMILES string of the molecule is Cc1ccc(C)c(-c2cccc[n+]2C)c1.Cc1cccc(C)c1-c1cccc[n+]1C.Cc1cccc(C)c1-c1cccc[n+]1C.Cc1ccccc1-c1c(C)ccc[n+]1C. The lowest BCUT2D eigenvalue weighted by Gasteiger charge is -2.07. The number of nitrogens with zero attached hydrogens (tertiary/aromatic N) is 4. The van der Waals surface area contributed by atoms with E-state index in [0.29, 0.717) is 0 Å². The van der Waals surface area contributed by atoms with E-state index in [1.165, 1.54) is 89.5 Å². The first-order valence-electron chi connectivity index (χ1n) is 20.8. The Bertz CT molecular complexity index is 2410. The van der Waals surface area contributed by atoms with Crippen molar-refractivity contribution in [3.63, 3.8) is 0 Å². The van der Waals surface area contributed by atoms with Gasteiger partial charge in [0.2, 0.25) is 22.8 Å². The summed E-state index contributed by atoms with van der Waals surface area (Å²) in [5, 5.41) is 0. The highest BCUT2D eigenvalue weighted by Crippen LogP contribution is 2.26. The van der Waals surface area contributed by atoms with Gasteiger partial charge in [-0.3, -0.25) is 0 Å². The first kappa shape index (κ1) is 44.6. The summed E-state index contributed by atoms with van der Waals surface area (Å²) < 4.78 is 8.66. The Morgan fingerprint density at radius 2 is 0.667 bits per heavy atom. The van der Waals surface area contributed by atoms with Crippen molar-refractivity contribution in [3.8, 4) is 45.0 Å². The van der Waals surface area contributed by atoms with Gasteiger partial charge in [-0.25, -0.2) is 18.3 Å². The van der Waals surface area contributed by atoms with E-state index in [9.17, 15) is 0 Å². The van der Waals surface area contributed by atoms with Crippen LogP contribution in [0.5, 0.6) is 0 Å². The maximum atomic E-state index is 2.24. The summed E-state index contributed by atoms with van der Waals surface area (Å²) >= 11 is 0. The molecule has 4 aromatic carbocycles. The molecule has 0 atom stereocenters. The van der Waals surface area contributed by atoms with Gasteiger partial charge in [0.1, 0.15) is 28.2 Å². The van der Waals surface area contributed by atoms with Crippen LogP contribution in [-0.4, -0.2) is 0 Å². The van der Waals surface area contributed by atoms with Gasteiger partial charge in [0.05, 0.1) is 11.1 Å². The van der Waals surface area contributed by atoms with Crippen LogP contribution >= 0.6 is 0 Å². The molecular formula is C56H64N4+4. The molecule has 0 amide bonds. The number of aromatic nitrogens is 4. The minimum absolute atomic E-state index is 1.26. The molecule has 4 heteroatoms. The third-order valence-corrected chi connectivity index (χ3v) is 11.1. The summed E-state index contributed by atoms with van der Waals surface area (Å²) in [7, 11) is 8.34. The van der Waals surface area contributed by atoms with Gasteiger partial charge < -0.3 is 0 Å². The van der Waals surface area contributed by atoms with Crippen LogP contribution in [0.1, 0.15) is 44.5 Å². The fourth-order valence-corrected chi connectivity index (χ4v) is 7.81. The zero-order valence-electron chi connectivity index (χ0n) is 38.0. The lowest BCUT2D eigenvalue weighted by Crippen LogP contribution is -2.31. The minimum Gasteiger partial charge on any atom is -0.201 e. The summed E-state index contributed by atoms with van der Waals surface area (Å²) in [6, 6.07) is 51.1. The van der Waals surface area contributed by atoms with E-state index < -0.39 is 0 Å². The molecule has 4 nitrogen and oxygen atoms in total. The molecule has 4 aromatic heterocycles. The van der Waals surface area contributed by atoms with E-state index in [2.05, 4.69) is 272 Å². The number of pyridine rings is 4. The molecule has 0 aliphatic carbocycles. The molecule has 0 saturated heterocycles. The molecule has 8 rings (SSSR count). The second-order valence-electron chi connectivity index (χ2n) is 15.9. The topological polar surface area (TPSA) is 15.5 Å². The van der Waals surface area contributed by atoms with Gasteiger partial charge in [-0.2, -0.15) is 0 Å². The van der Waals surface area contributed by atoms with Gasteiger partial charge in [0.25, 0.3) is 0 Å². The summed E-state index contributed by atoms with van der Waals surface area (Å²) in [6.07, 6.45) is 8.34. The Morgan fingerprint density at radius 3 is 1.12 bits per heavy atom. The van der Waals surface area contributed by atoms with E-state index in [1.807, 2.05) is 0 Å². The highest BCUT2D eigenvalue weighted by Gasteiger charge is 2.16. The predicted octanol–water partition coefficient (Wildman–Crippen LogP) is 11.2. The molecule has 0 saturated carbocycles. The molecule has 4 heterocycles. The summed E-state index contributed by atoms with van der Waals surface area (Å²) in [5.41, 5.74) is 21.0. The minimum atomic E-state index is 1.26. The highest BCUT2D eigenvalue weighted by molar-refractivity contribution is 5.66. The predicted molar refractivity (Wildman–Crippen MR) is 250 cm³/mol. The molecule has 0 N–H and O–H groups in total. The van der Waals surface area contributed by atoms with Crippen molar-refractivity contribution in [1.29, 1.82) is 0 Å². The standard InChI is InChI=1S/4C14H16N/c2*1-11-7-6-8-12(2)14(11)13-9-4-5-10-15(13)3;1-11-7-4-5-9-13(11)14-12(2)8-6-10-15(14)3;1-11-7-8-12(2)13(10-11)14-6-4-5-9-15(14)3/h4*4-10H,1-3H3/q4*+1. The zero-order valence-corrected chi connectivity index (χ0v) is 38.0. The summed E-state index contributed by atoms with van der Waals surface area (Å²) in [6.45, 7) is 17.2. The van der Waals surface area contributed by atoms with Gasteiger partial charge in [-0.15, -0.1) is 0 Å². The quantitative estimate of drug-likeness (QED) is 0.158. The van der Waals surface area contributed by atoms with Crippen molar-refractivity contribution in [1.82, 2.24) is 0 Å². The van der Waals surface area contributed by atoms with Crippen LogP contribution in [0.3, 0.4) is 0 Å². The van der Waals surface area contributed by atoms with Crippen molar-refractivity contribution in [2.75, 3.05) is 0 Å². The lowest BCUT2D eigenvalue weighted by molar-refractivity contribution is -0.660. The van der Waals surface area contributed by atoms with Crippen molar-refractivity contribution in [2.24, 2.45) is 28.2 Å². The Morgan fingerprint density at radius 1 is 0.283 bits per heavy atom. The summed E-state index contributed by atoms with van der Waals surface area (Å²) in [4.78, 5) is 0. The molecule has 0 bridgehead atoms. The third-order valence-electron chi connectivity index (χ3n) is 11.1. The van der Waals surface area contributed by atoms with Crippen LogP contribution in [0, 0.1) is 55.4 Å². The van der Waals surface area contributed by atoms with E-state index >= 15 is 0 Å². The number of aryl methyl sites for hydroxylation is 12. The van der Waals surface area contributed by atoms with Gasteiger partial charge in [-0.1, -0.05) is 72.3 Å². The fraction of sp³-hybridized carbons (Fsp3) is 0.214. The van der Waals surface area contributed by atoms with Gasteiger partial charge in [0, 0.05) is 59.2 Å². The average Bonchev–Trinajstić information content (AvgIpc) is 3.22. The molecule has 0 radical (unpaired) electrons. The largest absolute Gasteiger partial charge is 0.215 e. The van der Waals surface area contributed by atoms with Crippen LogP contribution in [0.2, 0.25) is 0 Å². The molecule has 8 aromatic rings. The van der Waals surface area contributed by atoms with Crippen LogP contribution < -0.4 is 18.3 Å². The molecule has 0 aliphatic heterocycles. The van der Waals surface area contributed by atoms with Crippen LogP contribution in [-0.2, 0) is 28.2 Å². The van der Waals surface area contributed by atoms with E-state index in [-0.39, 0.29) is 0 Å². The Balaban J connectivity index is 0.000000152. The molecular weight excluding hydrogens is 729 g/mol. The second-order valence-corrected chi connectivity index (χ2v) is 15.9. The maximum absolute atomic E-state index is 2.24. The Kier molecular flexibility index (Phi) is 15.6. The fourth-order valence-electron chi connectivity index (χ4n) is 7.81. The molecule has 304 valence electrons. The molecule has 60 heavy (non-hydrogen) atoms. The van der Waals surface area contributed by atoms with Crippen LogP contribution in [0.25, 0.3) is 45.0 Å². The number of hydrogen-bond donors (Lipinski definition) is 0. The Hall–Kier alpha value is -6.52. The van der Waals surface area contributed by atoms with Gasteiger partial charge >= 0.3 is 0 Å². The monoisotopic (exact) mass is 793 g/mol. The van der Waals surface area contributed by atoms with Crippen molar-refractivity contribution in [3.05, 3.63) is 215 Å². The average molecular weight is 793 g/mol. The number of hydrogen-bond acceptors (Lipinski definition) is 0. The number of benzene rings is 4. The van der Waals surface area contributed by atoms with Gasteiger partial charge in [-0.05, 0) is 125 Å². The smallest absolute Gasteiger partial charge is 0.201 e. The van der Waals surface area contributed by atoms with E-state index in [0.717, 1.165) is 0 Å². The van der Waals surface area contributed by atoms with E-state index in [1.54, 1.807) is 0 Å². The first-order valence-corrected chi connectivity index (χ1v) is 20.8. The van der Waals surface area contributed by atoms with Crippen molar-refractivity contribution < 1.29 is 18.3 Å². The summed E-state index contributed by atoms with van der Waals surface area (Å²) in [5.74, 6) is 0. The third kappa shape index (κ3) is 11.1. The molecule has 0 fully saturated rings. The lowest BCUT2D eigenvalue weighted by atomic mass is 9.99. The van der Waals surface area contributed by atoms with Crippen LogP contribution in [0.4, 0.5) is 0 Å². The normalized spacial score (nSPS) is 10.3. The van der Waals surface area contributed by atoms with Crippen molar-refractivity contribution in [2.45, 2.75) is 55.4 Å². The molecule has 0 unspecified atom stereocenters. The maximum Gasteiger partial charge on any atom is 0.215 e. The van der Waals surface area contributed by atoms with E-state index in [4.69, 9.17) is 0 Å². The molecule has 0 spiro atoms. The second kappa shape index (κ2) is 20.9. The van der Waals surface area contributed by atoms with Gasteiger partial charge in [0.15, 0.2) is 24.8 Å². The number of rotatable bonds is 4. The Labute approximate surface area is 360 Å².